The second-order valence-electron chi connectivity index (χ2n) is 5.24. The average Bonchev–Trinajstić information content (AvgIpc) is 2.41. The quantitative estimate of drug-likeness (QED) is 0.918. The third-order valence-electron chi connectivity index (χ3n) is 3.93. The number of pyridine rings is 1. The number of nitrogens with one attached hydrogen (secondary N) is 1. The maximum absolute atomic E-state index is 12.5. The molecule has 19 heavy (non-hydrogen) atoms. The fourth-order valence-corrected chi connectivity index (χ4v) is 3.77. The number of anilines is 1. The number of sulfonamides is 1. The van der Waals surface area contributed by atoms with Gasteiger partial charge in [-0.25, -0.2) is 13.4 Å². The lowest BCUT2D eigenvalue weighted by atomic mass is 9.90. The van der Waals surface area contributed by atoms with Gasteiger partial charge < -0.3 is 5.32 Å². The summed E-state index contributed by atoms with van der Waals surface area (Å²) < 4.78 is 26.6. The molecule has 106 valence electrons. The summed E-state index contributed by atoms with van der Waals surface area (Å²) in [5, 5.41) is 2.88. The zero-order chi connectivity index (χ0) is 14.0. The van der Waals surface area contributed by atoms with Gasteiger partial charge in [-0.2, -0.15) is 4.31 Å². The molecule has 0 aliphatic carbocycles. The maximum Gasteiger partial charge on any atom is 0.244 e. The molecule has 1 N–H and O–H groups in total. The van der Waals surface area contributed by atoms with Gasteiger partial charge in [-0.1, -0.05) is 13.8 Å². The van der Waals surface area contributed by atoms with Gasteiger partial charge in [0.2, 0.25) is 10.0 Å². The molecule has 0 radical (unpaired) electrons. The van der Waals surface area contributed by atoms with E-state index in [0.717, 1.165) is 6.42 Å². The fraction of sp³-hybridized carbons (Fsp3) is 0.615. The molecule has 1 fully saturated rings. The predicted molar refractivity (Wildman–Crippen MR) is 75.5 cm³/mol. The van der Waals surface area contributed by atoms with Crippen LogP contribution in [-0.2, 0) is 10.0 Å². The monoisotopic (exact) mass is 283 g/mol. The third kappa shape index (κ3) is 2.90. The van der Waals surface area contributed by atoms with Gasteiger partial charge in [0, 0.05) is 26.3 Å². The molecule has 2 heterocycles. The zero-order valence-electron chi connectivity index (χ0n) is 11.6. The lowest BCUT2D eigenvalue weighted by molar-refractivity contribution is 0.212. The Morgan fingerprint density at radius 2 is 2.05 bits per heavy atom. The van der Waals surface area contributed by atoms with Gasteiger partial charge in [0.15, 0.2) is 0 Å². The number of piperidine rings is 1. The molecule has 0 saturated carbocycles. The highest BCUT2D eigenvalue weighted by atomic mass is 32.2. The summed E-state index contributed by atoms with van der Waals surface area (Å²) in [5.41, 5.74) is 0. The fourth-order valence-electron chi connectivity index (χ4n) is 2.27. The molecule has 1 saturated heterocycles. The van der Waals surface area contributed by atoms with Crippen LogP contribution in [0.25, 0.3) is 0 Å². The molecule has 0 spiro atoms. The Morgan fingerprint density at radius 1 is 1.32 bits per heavy atom. The largest absolute Gasteiger partial charge is 0.373 e. The Morgan fingerprint density at radius 3 is 2.58 bits per heavy atom. The van der Waals surface area contributed by atoms with E-state index in [2.05, 4.69) is 24.1 Å². The number of rotatable bonds is 3. The van der Waals surface area contributed by atoms with Crippen LogP contribution in [0.1, 0.15) is 20.3 Å². The van der Waals surface area contributed by atoms with Crippen molar-refractivity contribution in [2.75, 3.05) is 25.5 Å². The van der Waals surface area contributed by atoms with Crippen LogP contribution in [0, 0.1) is 11.8 Å². The molecular weight excluding hydrogens is 262 g/mol. The molecule has 5 nitrogen and oxygen atoms in total. The Kier molecular flexibility index (Phi) is 4.10. The highest BCUT2D eigenvalue weighted by Gasteiger charge is 2.31. The lowest BCUT2D eigenvalue weighted by Crippen LogP contribution is -2.42. The molecule has 0 aromatic carbocycles. The number of aromatic nitrogens is 1. The minimum atomic E-state index is -3.40. The van der Waals surface area contributed by atoms with E-state index in [0.29, 0.717) is 30.7 Å². The van der Waals surface area contributed by atoms with Crippen molar-refractivity contribution in [3.05, 3.63) is 18.3 Å². The zero-order valence-corrected chi connectivity index (χ0v) is 12.4. The summed E-state index contributed by atoms with van der Waals surface area (Å²) in [7, 11) is -1.65. The SMILES string of the molecule is CNc1ccc(S(=O)(=O)N2CCC(C)C(C)C2)cn1. The van der Waals surface area contributed by atoms with Crippen molar-refractivity contribution in [1.29, 1.82) is 0 Å². The van der Waals surface area contributed by atoms with Crippen LogP contribution in [0.2, 0.25) is 0 Å². The topological polar surface area (TPSA) is 62.3 Å². The molecule has 1 aliphatic heterocycles. The summed E-state index contributed by atoms with van der Waals surface area (Å²) in [5.74, 6) is 1.64. The minimum absolute atomic E-state index is 0.272. The van der Waals surface area contributed by atoms with Crippen molar-refractivity contribution >= 4 is 15.8 Å². The van der Waals surface area contributed by atoms with Gasteiger partial charge in [0.25, 0.3) is 0 Å². The Hall–Kier alpha value is -1.14. The van der Waals surface area contributed by atoms with Gasteiger partial charge in [-0.3, -0.25) is 0 Å². The van der Waals surface area contributed by atoms with E-state index in [4.69, 9.17) is 0 Å². The lowest BCUT2D eigenvalue weighted by Gasteiger charge is -2.34. The molecule has 1 aromatic heterocycles. The van der Waals surface area contributed by atoms with Crippen molar-refractivity contribution in [1.82, 2.24) is 9.29 Å². The molecule has 0 amide bonds. The van der Waals surface area contributed by atoms with E-state index in [1.807, 2.05) is 0 Å². The highest BCUT2D eigenvalue weighted by molar-refractivity contribution is 7.89. The van der Waals surface area contributed by atoms with Crippen molar-refractivity contribution in [3.63, 3.8) is 0 Å². The smallest absolute Gasteiger partial charge is 0.244 e. The molecule has 1 aliphatic rings. The summed E-state index contributed by atoms with van der Waals surface area (Å²) in [4.78, 5) is 4.35. The van der Waals surface area contributed by atoms with E-state index >= 15 is 0 Å². The first-order chi connectivity index (χ1) is 8.95. The minimum Gasteiger partial charge on any atom is -0.373 e. The number of nitrogens with zero attached hydrogens (tertiary/aromatic N) is 2. The second-order valence-corrected chi connectivity index (χ2v) is 7.17. The summed E-state index contributed by atoms with van der Waals surface area (Å²) in [6.45, 7) is 5.48. The standard InChI is InChI=1S/C13H21N3O2S/c1-10-6-7-16(9-11(10)2)19(17,18)12-4-5-13(14-3)15-8-12/h4-5,8,10-11H,6-7,9H2,1-3H3,(H,14,15). The maximum atomic E-state index is 12.5. The molecule has 2 atom stereocenters. The van der Waals surface area contributed by atoms with Crippen LogP contribution in [0.5, 0.6) is 0 Å². The predicted octanol–water partition coefficient (Wildman–Crippen LogP) is 1.79. The summed E-state index contributed by atoms with van der Waals surface area (Å²) in [6, 6.07) is 3.29. The number of hydrogen-bond acceptors (Lipinski definition) is 4. The van der Waals surface area contributed by atoms with Crippen molar-refractivity contribution in [2.24, 2.45) is 11.8 Å². The van der Waals surface area contributed by atoms with Crippen LogP contribution >= 0.6 is 0 Å². The highest BCUT2D eigenvalue weighted by Crippen LogP contribution is 2.27. The molecule has 0 bridgehead atoms. The van der Waals surface area contributed by atoms with Crippen molar-refractivity contribution < 1.29 is 8.42 Å². The van der Waals surface area contributed by atoms with E-state index in [1.54, 1.807) is 23.5 Å². The van der Waals surface area contributed by atoms with Gasteiger partial charge >= 0.3 is 0 Å². The van der Waals surface area contributed by atoms with Crippen LogP contribution in [-0.4, -0.2) is 37.8 Å². The third-order valence-corrected chi connectivity index (χ3v) is 5.78. The molecular formula is C13H21N3O2S. The van der Waals surface area contributed by atoms with E-state index < -0.39 is 10.0 Å². The average molecular weight is 283 g/mol. The summed E-state index contributed by atoms with van der Waals surface area (Å²) >= 11 is 0. The van der Waals surface area contributed by atoms with E-state index in [-0.39, 0.29) is 4.90 Å². The first kappa shape index (κ1) is 14.3. The van der Waals surface area contributed by atoms with Gasteiger partial charge in [-0.15, -0.1) is 0 Å². The van der Waals surface area contributed by atoms with Crippen molar-refractivity contribution in [3.8, 4) is 0 Å². The second kappa shape index (κ2) is 5.46. The first-order valence-corrected chi connectivity index (χ1v) is 8.03. The first-order valence-electron chi connectivity index (χ1n) is 6.59. The summed E-state index contributed by atoms with van der Waals surface area (Å²) in [6.07, 6.45) is 2.34. The number of hydrogen-bond donors (Lipinski definition) is 1. The molecule has 6 heteroatoms. The molecule has 2 unspecified atom stereocenters. The Balaban J connectivity index is 2.21. The van der Waals surface area contributed by atoms with Gasteiger partial charge in [0.1, 0.15) is 10.7 Å². The van der Waals surface area contributed by atoms with Crippen molar-refractivity contribution in [2.45, 2.75) is 25.2 Å². The van der Waals surface area contributed by atoms with Crippen LogP contribution in [0.3, 0.4) is 0 Å². The Labute approximate surface area is 115 Å². The molecule has 2 rings (SSSR count). The van der Waals surface area contributed by atoms with E-state index in [9.17, 15) is 8.42 Å². The molecule has 1 aromatic rings. The van der Waals surface area contributed by atoms with Gasteiger partial charge in [-0.05, 0) is 30.4 Å². The van der Waals surface area contributed by atoms with E-state index in [1.165, 1.54) is 6.20 Å². The van der Waals surface area contributed by atoms with Gasteiger partial charge in [0.05, 0.1) is 0 Å². The normalized spacial score (nSPS) is 25.2. The van der Waals surface area contributed by atoms with Crippen LogP contribution in [0.15, 0.2) is 23.2 Å². The van der Waals surface area contributed by atoms with Crippen LogP contribution < -0.4 is 5.32 Å². The van der Waals surface area contributed by atoms with Crippen LogP contribution in [0.4, 0.5) is 5.82 Å². The Bertz CT molecular complexity index is 527.